The Labute approximate surface area is 104 Å². The van der Waals surface area contributed by atoms with E-state index in [4.69, 9.17) is 7.85 Å². The Balaban J connectivity index is 0.00000121. The van der Waals surface area contributed by atoms with Crippen LogP contribution in [0.25, 0.3) is 0 Å². The van der Waals surface area contributed by atoms with Gasteiger partial charge >= 0.3 is 32.7 Å². The van der Waals surface area contributed by atoms with Gasteiger partial charge in [0.15, 0.2) is 0 Å². The van der Waals surface area contributed by atoms with Gasteiger partial charge in [-0.15, -0.1) is 0 Å². The van der Waals surface area contributed by atoms with Crippen LogP contribution in [0.5, 0.6) is 0 Å². The molecule has 1 aliphatic rings. The largest absolute Gasteiger partial charge is 3.00 e. The molecule has 62 valence electrons. The van der Waals surface area contributed by atoms with E-state index in [2.05, 4.69) is 27.2 Å². The van der Waals surface area contributed by atoms with Crippen LogP contribution >= 0.6 is 0 Å². The Bertz CT molecular complexity index is 125. The molecule has 0 aliphatic heterocycles. The van der Waals surface area contributed by atoms with Crippen LogP contribution in [0.4, 0.5) is 0 Å². The summed E-state index contributed by atoms with van der Waals surface area (Å²) in [5, 5.41) is 0. The molecule has 0 nitrogen and oxygen atoms in total. The second-order valence-corrected chi connectivity index (χ2v) is 4.34. The van der Waals surface area contributed by atoms with Crippen molar-refractivity contribution in [2.45, 2.75) is 39.4 Å². The smallest absolute Gasteiger partial charge is 0.330 e. The average Bonchev–Trinajstić information content (AvgIpc) is 2.09. The van der Waals surface area contributed by atoms with E-state index >= 15 is 0 Å². The molecule has 0 aromatic heterocycles. The molecule has 0 N–H and O–H groups in total. The van der Waals surface area contributed by atoms with E-state index in [0.717, 1.165) is 17.8 Å². The standard InChI is InChI=1S/C10H18B.Y/c1-7(2)4-9-6-10(11)5-8(9)3;/h5,7-10H,4,6H2,1-3H3;/q-1;+3. The Morgan fingerprint density at radius 2 is 2.08 bits per heavy atom. The summed E-state index contributed by atoms with van der Waals surface area (Å²) in [6.45, 7) is 6.87. The van der Waals surface area contributed by atoms with Crippen molar-refractivity contribution in [3.63, 3.8) is 0 Å². The van der Waals surface area contributed by atoms with Gasteiger partial charge < -0.3 is 6.42 Å². The van der Waals surface area contributed by atoms with Crippen molar-refractivity contribution in [2.75, 3.05) is 0 Å². The molecule has 0 amide bonds. The van der Waals surface area contributed by atoms with Crippen molar-refractivity contribution in [2.24, 2.45) is 17.8 Å². The first-order valence-corrected chi connectivity index (χ1v) is 4.70. The molecule has 1 aliphatic carbocycles. The molecule has 1 saturated carbocycles. The Kier molecular flexibility index (Phi) is 6.37. The van der Waals surface area contributed by atoms with Crippen molar-refractivity contribution in [3.8, 4) is 0 Å². The normalized spacial score (nSPS) is 35.2. The fraction of sp³-hybridized carbons (Fsp3) is 0.900. The quantitative estimate of drug-likeness (QED) is 0.512. The van der Waals surface area contributed by atoms with Crippen LogP contribution in [-0.2, 0) is 32.7 Å². The third-order valence-electron chi connectivity index (χ3n) is 2.64. The van der Waals surface area contributed by atoms with Gasteiger partial charge in [-0.25, -0.2) is 5.82 Å². The van der Waals surface area contributed by atoms with E-state index in [1.807, 2.05) is 0 Å². The molecular formula is C10H18BY+2. The summed E-state index contributed by atoms with van der Waals surface area (Å²) < 4.78 is 0. The minimum Gasteiger partial charge on any atom is -0.330 e. The maximum Gasteiger partial charge on any atom is 3.00 e. The van der Waals surface area contributed by atoms with Gasteiger partial charge in [-0.2, -0.15) is 5.92 Å². The van der Waals surface area contributed by atoms with Gasteiger partial charge in [0.05, 0.1) is 0 Å². The van der Waals surface area contributed by atoms with E-state index < -0.39 is 0 Å². The molecule has 0 aromatic rings. The fourth-order valence-electron chi connectivity index (χ4n) is 2.11. The van der Waals surface area contributed by atoms with Crippen LogP contribution in [-0.4, -0.2) is 7.85 Å². The molecule has 1 rings (SSSR count). The summed E-state index contributed by atoms with van der Waals surface area (Å²) in [5.74, 6) is 2.78. The van der Waals surface area contributed by atoms with Gasteiger partial charge in [-0.05, 0) is 5.92 Å². The van der Waals surface area contributed by atoms with Gasteiger partial charge in [-0.1, -0.05) is 39.5 Å². The summed E-state index contributed by atoms with van der Waals surface area (Å²) >= 11 is 0. The molecule has 0 bridgehead atoms. The minimum atomic E-state index is 0. The van der Waals surface area contributed by atoms with Gasteiger partial charge in [0.2, 0.25) is 0 Å². The summed E-state index contributed by atoms with van der Waals surface area (Å²) in [5.41, 5.74) is 0. The maximum atomic E-state index is 5.84. The molecule has 2 radical (unpaired) electrons. The van der Waals surface area contributed by atoms with Crippen LogP contribution in [0.3, 0.4) is 0 Å². The molecule has 12 heavy (non-hydrogen) atoms. The molecule has 0 saturated heterocycles. The third-order valence-corrected chi connectivity index (χ3v) is 2.64. The maximum absolute atomic E-state index is 5.84. The second kappa shape index (κ2) is 5.81. The molecule has 3 atom stereocenters. The zero-order chi connectivity index (χ0) is 8.43. The number of hydrogen-bond donors (Lipinski definition) is 0. The molecular weight excluding hydrogens is 220 g/mol. The fourth-order valence-corrected chi connectivity index (χ4v) is 2.11. The van der Waals surface area contributed by atoms with Crippen molar-refractivity contribution < 1.29 is 32.7 Å². The predicted octanol–water partition coefficient (Wildman–Crippen LogP) is 2.85. The van der Waals surface area contributed by atoms with Crippen molar-refractivity contribution in [1.82, 2.24) is 0 Å². The van der Waals surface area contributed by atoms with E-state index in [0.29, 0.717) is 5.82 Å². The molecule has 0 aromatic carbocycles. The summed E-state index contributed by atoms with van der Waals surface area (Å²) in [7, 11) is 5.84. The Morgan fingerprint density at radius 3 is 2.42 bits per heavy atom. The Morgan fingerprint density at radius 1 is 1.50 bits per heavy atom. The number of rotatable bonds is 2. The second-order valence-electron chi connectivity index (χ2n) is 4.34. The van der Waals surface area contributed by atoms with Gasteiger partial charge in [0, 0.05) is 7.85 Å². The first-order chi connectivity index (χ1) is 5.09. The van der Waals surface area contributed by atoms with Crippen LogP contribution in [0, 0.1) is 24.2 Å². The average molecular weight is 238 g/mol. The molecule has 0 heterocycles. The zero-order valence-corrected chi connectivity index (χ0v) is 11.3. The van der Waals surface area contributed by atoms with Crippen LogP contribution in [0.15, 0.2) is 0 Å². The first-order valence-electron chi connectivity index (χ1n) is 4.70. The summed E-state index contributed by atoms with van der Waals surface area (Å²) in [4.78, 5) is 0. The monoisotopic (exact) mass is 238 g/mol. The zero-order valence-electron chi connectivity index (χ0n) is 8.46. The van der Waals surface area contributed by atoms with Gasteiger partial charge in [0.1, 0.15) is 0 Å². The van der Waals surface area contributed by atoms with E-state index in [1.54, 1.807) is 0 Å². The van der Waals surface area contributed by atoms with Crippen LogP contribution < -0.4 is 0 Å². The third kappa shape index (κ3) is 3.92. The molecule has 2 heteroatoms. The predicted molar refractivity (Wildman–Crippen MR) is 50.5 cm³/mol. The van der Waals surface area contributed by atoms with E-state index in [-0.39, 0.29) is 32.7 Å². The number of hydrogen-bond acceptors (Lipinski definition) is 0. The van der Waals surface area contributed by atoms with Crippen LogP contribution in [0.2, 0.25) is 5.82 Å². The summed E-state index contributed by atoms with van der Waals surface area (Å²) in [6.07, 6.45) is 4.84. The SMILES string of the molecule is [B]C1[CH-]C(C)C(CC(C)C)C1.[Y+3]. The topological polar surface area (TPSA) is 0 Å². The molecule has 0 spiro atoms. The minimum absolute atomic E-state index is 0. The first kappa shape index (κ1) is 13.2. The van der Waals surface area contributed by atoms with Crippen LogP contribution in [0.1, 0.15) is 33.6 Å². The molecule has 3 unspecified atom stereocenters. The van der Waals surface area contributed by atoms with Crippen molar-refractivity contribution >= 4 is 7.85 Å². The van der Waals surface area contributed by atoms with Gasteiger partial charge in [0.25, 0.3) is 0 Å². The summed E-state index contributed by atoms with van der Waals surface area (Å²) in [6, 6.07) is 0. The van der Waals surface area contributed by atoms with E-state index in [1.165, 1.54) is 12.8 Å². The van der Waals surface area contributed by atoms with E-state index in [9.17, 15) is 0 Å². The molecule has 1 fully saturated rings. The van der Waals surface area contributed by atoms with Gasteiger partial charge in [-0.3, -0.25) is 0 Å². The Hall–Kier alpha value is 1.17. The van der Waals surface area contributed by atoms with Crippen molar-refractivity contribution in [1.29, 1.82) is 0 Å². The van der Waals surface area contributed by atoms with Crippen molar-refractivity contribution in [3.05, 3.63) is 6.42 Å².